The molecule has 0 aromatic heterocycles. The predicted octanol–water partition coefficient (Wildman–Crippen LogP) is 1.71. The molecule has 3 rings (SSSR count). The van der Waals surface area contributed by atoms with Gasteiger partial charge in [0.15, 0.2) is 0 Å². The number of nitrogens with zero attached hydrogens (tertiary/aromatic N) is 1. The highest BCUT2D eigenvalue weighted by atomic mass is 19.4. The molecule has 0 amide bonds. The number of halogens is 4. The number of hydrogen-bond acceptors (Lipinski definition) is 4. The molecule has 2 aliphatic rings. The van der Waals surface area contributed by atoms with Crippen LogP contribution in [0.4, 0.5) is 23.2 Å². The zero-order valence-electron chi connectivity index (χ0n) is 16.6. The van der Waals surface area contributed by atoms with Crippen molar-refractivity contribution < 1.29 is 17.6 Å². The van der Waals surface area contributed by atoms with Crippen molar-refractivity contribution in [1.82, 2.24) is 10.2 Å². The van der Waals surface area contributed by atoms with E-state index in [4.69, 9.17) is 5.73 Å². The first-order valence-corrected chi connectivity index (χ1v) is 9.85. The zero-order chi connectivity index (χ0) is 21.2. The number of nitrogens with one attached hydrogen (secondary N) is 2. The van der Waals surface area contributed by atoms with E-state index in [1.807, 2.05) is 18.0 Å². The third kappa shape index (κ3) is 4.93. The molecule has 4 N–H and O–H groups in total. The molecule has 1 aromatic carbocycles. The van der Waals surface area contributed by atoms with Crippen LogP contribution in [0, 0.1) is 5.92 Å². The number of likely N-dealkylation sites (tertiary alicyclic amines) is 1. The topological polar surface area (TPSA) is 53.3 Å². The number of nitrogens with two attached hydrogens (primary N) is 1. The molecule has 0 radical (unpaired) electrons. The van der Waals surface area contributed by atoms with E-state index in [9.17, 15) is 17.6 Å². The number of rotatable bonds is 5. The van der Waals surface area contributed by atoms with Gasteiger partial charge in [-0.3, -0.25) is 0 Å². The van der Waals surface area contributed by atoms with Gasteiger partial charge in [0, 0.05) is 41.5 Å². The van der Waals surface area contributed by atoms with Crippen LogP contribution in [0.1, 0.15) is 13.3 Å². The van der Waals surface area contributed by atoms with Gasteiger partial charge in [-0.15, -0.1) is 0 Å². The van der Waals surface area contributed by atoms with Crippen LogP contribution in [0.2, 0.25) is 0 Å². The summed E-state index contributed by atoms with van der Waals surface area (Å²) in [5.74, 6) is -1.66. The van der Waals surface area contributed by atoms with Crippen molar-refractivity contribution in [1.29, 1.82) is 0 Å². The number of hydrogen-bond donors (Lipinski definition) is 3. The summed E-state index contributed by atoms with van der Waals surface area (Å²) in [6.07, 6.45) is 0.526. The molecule has 29 heavy (non-hydrogen) atoms. The minimum atomic E-state index is -4.37. The van der Waals surface area contributed by atoms with Crippen molar-refractivity contribution in [3.8, 4) is 0 Å². The van der Waals surface area contributed by atoms with Gasteiger partial charge in [0.05, 0.1) is 18.0 Å². The van der Waals surface area contributed by atoms with Crippen molar-refractivity contribution in [2.24, 2.45) is 11.7 Å². The first-order chi connectivity index (χ1) is 13.7. The van der Waals surface area contributed by atoms with E-state index in [2.05, 4.69) is 10.6 Å². The lowest BCUT2D eigenvalue weighted by molar-refractivity contribution is -0.154. The van der Waals surface area contributed by atoms with Crippen LogP contribution in [-0.4, -0.2) is 56.0 Å². The van der Waals surface area contributed by atoms with Crippen LogP contribution in [0.3, 0.4) is 0 Å². The fourth-order valence-electron chi connectivity index (χ4n) is 3.85. The van der Waals surface area contributed by atoms with Crippen LogP contribution >= 0.6 is 0 Å². The average Bonchev–Trinajstić information content (AvgIpc) is 2.67. The summed E-state index contributed by atoms with van der Waals surface area (Å²) in [5.41, 5.74) is 6.28. The highest BCUT2D eigenvalue weighted by Crippen LogP contribution is 2.31. The first kappa shape index (κ1) is 21.6. The van der Waals surface area contributed by atoms with Crippen molar-refractivity contribution in [3.05, 3.63) is 40.8 Å². The minimum absolute atomic E-state index is 0.116. The lowest BCUT2D eigenvalue weighted by Gasteiger charge is -2.34. The lowest BCUT2D eigenvalue weighted by atomic mass is 9.96. The molecular weight excluding hydrogens is 384 g/mol. The van der Waals surface area contributed by atoms with Crippen LogP contribution < -0.4 is 26.8 Å². The molecule has 8 heteroatoms. The second-order valence-electron chi connectivity index (χ2n) is 7.76. The van der Waals surface area contributed by atoms with Crippen molar-refractivity contribution >= 4 is 17.5 Å². The van der Waals surface area contributed by atoms with E-state index in [0.29, 0.717) is 35.6 Å². The number of piperidine rings is 1. The number of benzene rings is 1. The molecule has 0 saturated carbocycles. The first-order valence-electron chi connectivity index (χ1n) is 9.85. The smallest absolute Gasteiger partial charge is 0.379 e. The van der Waals surface area contributed by atoms with E-state index in [0.717, 1.165) is 13.5 Å². The van der Waals surface area contributed by atoms with Gasteiger partial charge < -0.3 is 21.3 Å². The molecule has 2 aliphatic heterocycles. The van der Waals surface area contributed by atoms with Gasteiger partial charge in [0.2, 0.25) is 0 Å². The molecule has 1 saturated heterocycles. The SMILES string of the molecule is CC(C1=c2cccc(N[C@@H]3CCN(C)C[C@@H]3F)c2=CC(/C=C/CN)N1)C(F)(F)F. The van der Waals surface area contributed by atoms with Crippen LogP contribution in [0.5, 0.6) is 0 Å². The van der Waals surface area contributed by atoms with Gasteiger partial charge in [-0.2, -0.15) is 13.2 Å². The molecule has 4 atom stereocenters. The zero-order valence-corrected chi connectivity index (χ0v) is 16.6. The highest BCUT2D eigenvalue weighted by molar-refractivity contribution is 5.62. The van der Waals surface area contributed by atoms with Crippen molar-refractivity contribution in [2.75, 3.05) is 32.0 Å². The maximum atomic E-state index is 14.5. The molecular formula is C21H28F4N4. The summed E-state index contributed by atoms with van der Waals surface area (Å²) < 4.78 is 55.0. The quantitative estimate of drug-likeness (QED) is 0.509. The Balaban J connectivity index is 2.06. The summed E-state index contributed by atoms with van der Waals surface area (Å²) in [7, 11) is 1.88. The lowest BCUT2D eigenvalue weighted by Crippen LogP contribution is -2.49. The van der Waals surface area contributed by atoms with Gasteiger partial charge in [-0.05, 0) is 32.5 Å². The van der Waals surface area contributed by atoms with Crippen molar-refractivity contribution in [3.63, 3.8) is 0 Å². The molecule has 1 fully saturated rings. The summed E-state index contributed by atoms with van der Waals surface area (Å²) in [6, 6.07) is 4.38. The molecule has 2 heterocycles. The molecule has 1 aromatic rings. The van der Waals surface area contributed by atoms with Crippen LogP contribution in [-0.2, 0) is 0 Å². The Bertz CT molecular complexity index is 864. The van der Waals surface area contributed by atoms with Gasteiger partial charge in [0.1, 0.15) is 6.17 Å². The Morgan fingerprint density at radius 2 is 2.14 bits per heavy atom. The normalized spacial score (nSPS) is 26.6. The summed E-state index contributed by atoms with van der Waals surface area (Å²) >= 11 is 0. The Morgan fingerprint density at radius 3 is 2.79 bits per heavy atom. The maximum absolute atomic E-state index is 14.5. The van der Waals surface area contributed by atoms with Gasteiger partial charge in [0.25, 0.3) is 0 Å². The summed E-state index contributed by atoms with van der Waals surface area (Å²) in [5, 5.41) is 7.39. The highest BCUT2D eigenvalue weighted by Gasteiger charge is 2.40. The molecule has 0 spiro atoms. The Labute approximate surface area is 168 Å². The van der Waals surface area contributed by atoms with E-state index < -0.39 is 24.3 Å². The minimum Gasteiger partial charge on any atom is -0.379 e. The van der Waals surface area contributed by atoms with E-state index in [1.165, 1.54) is 0 Å². The third-order valence-corrected chi connectivity index (χ3v) is 5.55. The summed E-state index contributed by atoms with van der Waals surface area (Å²) in [4.78, 5) is 1.93. The monoisotopic (exact) mass is 412 g/mol. The van der Waals surface area contributed by atoms with Gasteiger partial charge >= 0.3 is 6.18 Å². The van der Waals surface area contributed by atoms with Crippen LogP contribution in [0.25, 0.3) is 11.8 Å². The third-order valence-electron chi connectivity index (χ3n) is 5.55. The molecule has 4 nitrogen and oxygen atoms in total. The van der Waals surface area contributed by atoms with Crippen LogP contribution in [0.15, 0.2) is 30.4 Å². The maximum Gasteiger partial charge on any atom is 0.396 e. The fraction of sp³-hybridized carbons (Fsp3) is 0.524. The number of anilines is 1. The van der Waals surface area contributed by atoms with Gasteiger partial charge in [-0.1, -0.05) is 24.3 Å². The number of alkyl halides is 4. The van der Waals surface area contributed by atoms with Gasteiger partial charge in [-0.25, -0.2) is 4.39 Å². The largest absolute Gasteiger partial charge is 0.396 e. The summed E-state index contributed by atoms with van der Waals surface area (Å²) in [6.45, 7) is 2.54. The second-order valence-corrected chi connectivity index (χ2v) is 7.76. The molecule has 0 bridgehead atoms. The predicted molar refractivity (Wildman–Crippen MR) is 108 cm³/mol. The second kappa shape index (κ2) is 8.75. The number of fused-ring (bicyclic) bond motifs is 1. The standard InChI is InChI=1S/C21H28F4N4/c1-13(21(23,24)25)20-15-6-3-7-18(16(15)11-14(27-20)5-4-9-26)28-19-8-10-29(2)12-17(19)22/h3-7,11,13-14,17,19,27-28H,8-10,12,26H2,1-2H3/b5-4+/t13?,14?,17-,19+/m0/s1. The van der Waals surface area contributed by atoms with E-state index >= 15 is 0 Å². The Kier molecular flexibility index (Phi) is 6.53. The Morgan fingerprint density at radius 1 is 1.38 bits per heavy atom. The molecule has 2 unspecified atom stereocenters. The average molecular weight is 412 g/mol. The molecule has 160 valence electrons. The van der Waals surface area contributed by atoms with E-state index in [1.54, 1.807) is 30.4 Å². The van der Waals surface area contributed by atoms with Crippen molar-refractivity contribution in [2.45, 2.75) is 37.8 Å². The van der Waals surface area contributed by atoms with E-state index in [-0.39, 0.29) is 11.7 Å². The fourth-order valence-corrected chi connectivity index (χ4v) is 3.85. The Hall–Kier alpha value is -2.06. The molecule has 0 aliphatic carbocycles.